The fourth-order valence-corrected chi connectivity index (χ4v) is 4.18. The Morgan fingerprint density at radius 2 is 1.92 bits per heavy atom. The molecule has 0 fully saturated rings. The number of furan rings is 1. The first-order valence-corrected chi connectivity index (χ1v) is 8.40. The van der Waals surface area contributed by atoms with Crippen molar-refractivity contribution >= 4 is 38.4 Å². The second kappa shape index (κ2) is 4.30. The molecule has 3 aromatic carbocycles. The van der Waals surface area contributed by atoms with Crippen molar-refractivity contribution in [3.63, 3.8) is 0 Å². The van der Waals surface area contributed by atoms with Gasteiger partial charge in [-0.3, -0.25) is 0 Å². The molecule has 1 N–H and O–H groups in total. The Balaban J connectivity index is 1.69. The highest BCUT2D eigenvalue weighted by Crippen LogP contribution is 2.45. The molecule has 1 aromatic heterocycles. The highest BCUT2D eigenvalue weighted by molar-refractivity contribution is 6.15. The monoisotopic (exact) mass is 309 g/mol. The first-order valence-electron chi connectivity index (χ1n) is 8.40. The van der Waals surface area contributed by atoms with E-state index in [1.54, 1.807) is 0 Å². The van der Waals surface area contributed by atoms with E-state index in [1.807, 2.05) is 12.1 Å². The predicted octanol–water partition coefficient (Wildman–Crippen LogP) is 6.09. The Labute approximate surface area is 139 Å². The van der Waals surface area contributed by atoms with Crippen molar-refractivity contribution in [3.8, 4) is 0 Å². The Hall–Kier alpha value is -3.00. The van der Waals surface area contributed by atoms with Gasteiger partial charge in [0.2, 0.25) is 0 Å². The van der Waals surface area contributed by atoms with Gasteiger partial charge in [0.05, 0.1) is 0 Å². The molecule has 0 spiro atoms. The van der Waals surface area contributed by atoms with E-state index >= 15 is 0 Å². The van der Waals surface area contributed by atoms with Crippen LogP contribution in [0.25, 0.3) is 32.7 Å². The molecule has 0 saturated heterocycles. The Morgan fingerprint density at radius 3 is 2.92 bits per heavy atom. The van der Waals surface area contributed by atoms with Crippen LogP contribution < -0.4 is 5.32 Å². The van der Waals surface area contributed by atoms with Crippen molar-refractivity contribution in [2.75, 3.05) is 5.32 Å². The van der Waals surface area contributed by atoms with Crippen molar-refractivity contribution in [1.29, 1.82) is 0 Å². The summed E-state index contributed by atoms with van der Waals surface area (Å²) < 4.78 is 6.19. The summed E-state index contributed by atoms with van der Waals surface area (Å²) in [6.45, 7) is 0. The summed E-state index contributed by atoms with van der Waals surface area (Å²) in [6, 6.07) is 17.3. The molecule has 1 aliphatic heterocycles. The normalized spacial score (nSPS) is 18.7. The minimum atomic E-state index is 0.473. The van der Waals surface area contributed by atoms with Gasteiger partial charge in [-0.15, -0.1) is 0 Å². The number of nitrogens with one attached hydrogen (secondary N) is 1. The number of rotatable bonds is 0. The number of hydrogen-bond acceptors (Lipinski definition) is 2. The zero-order chi connectivity index (χ0) is 15.7. The predicted molar refractivity (Wildman–Crippen MR) is 99.4 cm³/mol. The third-order valence-electron chi connectivity index (χ3n) is 5.34. The number of benzene rings is 3. The maximum atomic E-state index is 6.19. The van der Waals surface area contributed by atoms with Gasteiger partial charge in [-0.25, -0.2) is 0 Å². The van der Waals surface area contributed by atoms with Crippen LogP contribution in [0.2, 0.25) is 0 Å². The fraction of sp³-hybridized carbons (Fsp3) is 0.0909. The molecule has 0 bridgehead atoms. The Bertz CT molecular complexity index is 1210. The summed E-state index contributed by atoms with van der Waals surface area (Å²) in [5.74, 6) is 0.473. The summed E-state index contributed by atoms with van der Waals surface area (Å²) in [5, 5.41) is 8.40. The number of anilines is 1. The summed E-state index contributed by atoms with van der Waals surface area (Å²) in [5.41, 5.74) is 5.86. The van der Waals surface area contributed by atoms with Crippen LogP contribution >= 0.6 is 0 Å². The second-order valence-corrected chi connectivity index (χ2v) is 6.66. The minimum Gasteiger partial charge on any atom is -0.455 e. The maximum absolute atomic E-state index is 6.19. The largest absolute Gasteiger partial charge is 0.455 e. The number of allylic oxidation sites excluding steroid dienone is 4. The Morgan fingerprint density at radius 1 is 0.958 bits per heavy atom. The highest BCUT2D eigenvalue weighted by Gasteiger charge is 2.28. The molecular weight excluding hydrogens is 294 g/mol. The molecule has 1 aliphatic carbocycles. The molecule has 114 valence electrons. The van der Waals surface area contributed by atoms with E-state index in [1.165, 1.54) is 38.5 Å². The molecule has 0 amide bonds. The molecule has 24 heavy (non-hydrogen) atoms. The average Bonchev–Trinajstić information content (AvgIpc) is 3.18. The van der Waals surface area contributed by atoms with Crippen LogP contribution in [0.15, 0.2) is 76.9 Å². The zero-order valence-electron chi connectivity index (χ0n) is 13.0. The van der Waals surface area contributed by atoms with E-state index in [0.29, 0.717) is 5.92 Å². The smallest absolute Gasteiger partial charge is 0.143 e. The minimum absolute atomic E-state index is 0.473. The first kappa shape index (κ1) is 12.4. The summed E-state index contributed by atoms with van der Waals surface area (Å²) in [4.78, 5) is 0. The SMILES string of the molecule is C1=CCC2C(=C1)Nc1cc3c(ccc4c5ccccc5oc34)cc12. The molecule has 0 saturated carbocycles. The van der Waals surface area contributed by atoms with E-state index in [-0.39, 0.29) is 0 Å². The maximum Gasteiger partial charge on any atom is 0.143 e. The molecule has 4 aromatic rings. The molecule has 6 rings (SSSR count). The van der Waals surface area contributed by atoms with Crippen molar-refractivity contribution in [3.05, 3.63) is 78.0 Å². The van der Waals surface area contributed by atoms with Crippen LogP contribution in [0.3, 0.4) is 0 Å². The summed E-state index contributed by atoms with van der Waals surface area (Å²) in [7, 11) is 0. The lowest BCUT2D eigenvalue weighted by atomic mass is 9.90. The third-order valence-corrected chi connectivity index (χ3v) is 5.34. The van der Waals surface area contributed by atoms with Crippen LogP contribution in [0, 0.1) is 0 Å². The molecular formula is C22H15NO. The van der Waals surface area contributed by atoms with E-state index < -0.39 is 0 Å². The fourth-order valence-electron chi connectivity index (χ4n) is 4.18. The van der Waals surface area contributed by atoms with Crippen molar-refractivity contribution in [2.24, 2.45) is 0 Å². The van der Waals surface area contributed by atoms with E-state index in [2.05, 4.69) is 59.9 Å². The van der Waals surface area contributed by atoms with Gasteiger partial charge in [0.25, 0.3) is 0 Å². The lowest BCUT2D eigenvalue weighted by molar-refractivity contribution is 0.672. The molecule has 2 heterocycles. The van der Waals surface area contributed by atoms with Crippen LogP contribution in [-0.2, 0) is 0 Å². The van der Waals surface area contributed by atoms with Gasteiger partial charge in [-0.1, -0.05) is 36.4 Å². The number of para-hydroxylation sites is 1. The van der Waals surface area contributed by atoms with Gasteiger partial charge in [0.1, 0.15) is 11.2 Å². The molecule has 0 radical (unpaired) electrons. The van der Waals surface area contributed by atoms with E-state index in [0.717, 1.165) is 17.6 Å². The van der Waals surface area contributed by atoms with Crippen LogP contribution in [0.1, 0.15) is 17.9 Å². The highest BCUT2D eigenvalue weighted by atomic mass is 16.3. The summed E-state index contributed by atoms with van der Waals surface area (Å²) >= 11 is 0. The van der Waals surface area contributed by atoms with Gasteiger partial charge in [-0.2, -0.15) is 0 Å². The number of fused-ring (bicyclic) bond motifs is 8. The Kier molecular flexibility index (Phi) is 2.22. The average molecular weight is 309 g/mol. The zero-order valence-corrected chi connectivity index (χ0v) is 13.0. The molecule has 2 heteroatoms. The van der Waals surface area contributed by atoms with Gasteiger partial charge in [0.15, 0.2) is 0 Å². The van der Waals surface area contributed by atoms with Crippen molar-refractivity contribution < 1.29 is 4.42 Å². The third kappa shape index (κ3) is 1.50. The standard InChI is InChI=1S/C22H15NO/c1-3-7-19-14(5-1)18-11-13-9-10-16-15-6-2-4-8-21(15)24-22(16)17(13)12-20(18)23-19/h1-4,6-12,14,23H,5H2. The molecule has 1 atom stereocenters. The van der Waals surface area contributed by atoms with E-state index in [9.17, 15) is 0 Å². The lowest BCUT2D eigenvalue weighted by Crippen LogP contribution is -2.01. The van der Waals surface area contributed by atoms with Crippen LogP contribution in [-0.4, -0.2) is 0 Å². The van der Waals surface area contributed by atoms with Crippen LogP contribution in [0.5, 0.6) is 0 Å². The number of hydrogen-bond donors (Lipinski definition) is 1. The summed E-state index contributed by atoms with van der Waals surface area (Å²) in [6.07, 6.45) is 7.65. The van der Waals surface area contributed by atoms with Crippen LogP contribution in [0.4, 0.5) is 5.69 Å². The molecule has 1 unspecified atom stereocenters. The van der Waals surface area contributed by atoms with Crippen molar-refractivity contribution in [1.82, 2.24) is 0 Å². The molecule has 2 nitrogen and oxygen atoms in total. The second-order valence-electron chi connectivity index (χ2n) is 6.66. The van der Waals surface area contributed by atoms with Crippen molar-refractivity contribution in [2.45, 2.75) is 12.3 Å². The van der Waals surface area contributed by atoms with Gasteiger partial charge < -0.3 is 9.73 Å². The lowest BCUT2D eigenvalue weighted by Gasteiger charge is -2.13. The van der Waals surface area contributed by atoms with Gasteiger partial charge >= 0.3 is 0 Å². The topological polar surface area (TPSA) is 25.2 Å². The van der Waals surface area contributed by atoms with Gasteiger partial charge in [-0.05, 0) is 47.7 Å². The first-order chi connectivity index (χ1) is 11.9. The van der Waals surface area contributed by atoms with E-state index in [4.69, 9.17) is 4.42 Å². The van der Waals surface area contributed by atoms with Gasteiger partial charge in [0, 0.05) is 33.5 Å². The quantitative estimate of drug-likeness (QED) is 0.425. The molecule has 2 aliphatic rings.